The monoisotopic (exact) mass is 307 g/mol. The lowest BCUT2D eigenvalue weighted by Gasteiger charge is -2.19. The first-order valence-corrected chi connectivity index (χ1v) is 9.03. The van der Waals surface area contributed by atoms with Crippen molar-refractivity contribution in [2.24, 2.45) is 0 Å². The lowest BCUT2D eigenvalue weighted by atomic mass is 10.0. The summed E-state index contributed by atoms with van der Waals surface area (Å²) in [5.74, 6) is 0.622. The Kier molecular flexibility index (Phi) is 5.52. The molecule has 2 rings (SSSR count). The normalized spacial score (nSPS) is 14.2. The molecule has 2 aromatic rings. The van der Waals surface area contributed by atoms with Crippen molar-refractivity contribution in [1.29, 1.82) is 0 Å². The average Bonchev–Trinajstić information content (AvgIpc) is 2.90. The van der Waals surface area contributed by atoms with Crippen LogP contribution in [-0.4, -0.2) is 16.5 Å². The molecule has 0 aliphatic carbocycles. The molecule has 4 heteroatoms. The lowest BCUT2D eigenvalue weighted by molar-refractivity contribution is 0.594. The number of benzene rings is 1. The fraction of sp³-hybridized carbons (Fsp3) is 0.375. The Morgan fingerprint density at radius 1 is 1.25 bits per heavy atom. The van der Waals surface area contributed by atoms with Crippen LogP contribution in [0.5, 0.6) is 0 Å². The van der Waals surface area contributed by atoms with Gasteiger partial charge in [-0.25, -0.2) is 0 Å². The third-order valence-electron chi connectivity index (χ3n) is 3.13. The molecule has 0 saturated carbocycles. The first kappa shape index (κ1) is 15.4. The fourth-order valence-corrected chi connectivity index (χ4v) is 4.61. The predicted octanol–water partition coefficient (Wildman–Crippen LogP) is 3.82. The minimum atomic E-state index is -0.942. The first-order chi connectivity index (χ1) is 9.60. The van der Waals surface area contributed by atoms with E-state index < -0.39 is 10.8 Å². The van der Waals surface area contributed by atoms with E-state index in [4.69, 9.17) is 0 Å². The van der Waals surface area contributed by atoms with Crippen LogP contribution in [-0.2, 0) is 10.8 Å². The summed E-state index contributed by atoms with van der Waals surface area (Å²) in [6, 6.07) is 10.6. The molecular formula is C16H21NOS2. The standard InChI is InChI=1S/C16H21NOS2/c1-4-17-15(11-20(18)16-6-5-7-19-16)14-9-12(2)8-13(3)10-14/h5-10,15,17H,4,11H2,1-3H3. The molecule has 0 aliphatic rings. The van der Waals surface area contributed by atoms with Crippen LogP contribution in [0.1, 0.15) is 29.7 Å². The molecule has 1 aromatic heterocycles. The van der Waals surface area contributed by atoms with Crippen molar-refractivity contribution >= 4 is 22.1 Å². The zero-order valence-electron chi connectivity index (χ0n) is 12.2. The Hall–Kier alpha value is -0.970. The van der Waals surface area contributed by atoms with Crippen molar-refractivity contribution < 1.29 is 4.21 Å². The van der Waals surface area contributed by atoms with Crippen molar-refractivity contribution in [1.82, 2.24) is 5.32 Å². The largest absolute Gasteiger partial charge is 0.309 e. The molecular weight excluding hydrogens is 286 g/mol. The highest BCUT2D eigenvalue weighted by Crippen LogP contribution is 2.22. The van der Waals surface area contributed by atoms with E-state index in [1.807, 2.05) is 17.5 Å². The second kappa shape index (κ2) is 7.16. The van der Waals surface area contributed by atoms with Crippen LogP contribution in [0.3, 0.4) is 0 Å². The SMILES string of the molecule is CCNC(CS(=O)c1cccs1)c1cc(C)cc(C)c1. The molecule has 0 spiro atoms. The van der Waals surface area contributed by atoms with Crippen LogP contribution in [0, 0.1) is 13.8 Å². The molecule has 2 nitrogen and oxygen atoms in total. The van der Waals surface area contributed by atoms with Crippen LogP contribution in [0.15, 0.2) is 39.9 Å². The van der Waals surface area contributed by atoms with Gasteiger partial charge in [-0.3, -0.25) is 4.21 Å². The van der Waals surface area contributed by atoms with Crippen molar-refractivity contribution in [2.75, 3.05) is 12.3 Å². The number of thiophene rings is 1. The molecule has 1 heterocycles. The van der Waals surface area contributed by atoms with E-state index >= 15 is 0 Å². The number of aryl methyl sites for hydroxylation is 2. The van der Waals surface area contributed by atoms with Gasteiger partial charge in [0, 0.05) is 11.8 Å². The zero-order valence-corrected chi connectivity index (χ0v) is 13.8. The van der Waals surface area contributed by atoms with E-state index in [0.717, 1.165) is 10.8 Å². The Morgan fingerprint density at radius 2 is 1.95 bits per heavy atom. The Morgan fingerprint density at radius 3 is 2.50 bits per heavy atom. The Bertz CT molecular complexity index is 558. The number of hydrogen-bond acceptors (Lipinski definition) is 3. The first-order valence-electron chi connectivity index (χ1n) is 6.83. The smallest absolute Gasteiger partial charge is 0.0911 e. The number of rotatable bonds is 6. The zero-order chi connectivity index (χ0) is 14.5. The number of nitrogens with one attached hydrogen (secondary N) is 1. The highest BCUT2D eigenvalue weighted by Gasteiger charge is 2.16. The second-order valence-corrected chi connectivity index (χ2v) is 7.65. The summed E-state index contributed by atoms with van der Waals surface area (Å²) in [7, 11) is -0.942. The van der Waals surface area contributed by atoms with Crippen LogP contribution < -0.4 is 5.32 Å². The average molecular weight is 307 g/mol. The molecule has 0 radical (unpaired) electrons. The number of hydrogen-bond donors (Lipinski definition) is 1. The van der Waals surface area contributed by atoms with Gasteiger partial charge in [0.1, 0.15) is 0 Å². The quantitative estimate of drug-likeness (QED) is 0.879. The lowest BCUT2D eigenvalue weighted by Crippen LogP contribution is -2.26. The minimum Gasteiger partial charge on any atom is -0.309 e. The summed E-state index contributed by atoms with van der Waals surface area (Å²) in [5, 5.41) is 5.44. The molecule has 0 amide bonds. The van der Waals surface area contributed by atoms with Crippen LogP contribution in [0.2, 0.25) is 0 Å². The Balaban J connectivity index is 2.20. The van der Waals surface area contributed by atoms with E-state index in [-0.39, 0.29) is 6.04 Å². The summed E-state index contributed by atoms with van der Waals surface area (Å²) in [5.41, 5.74) is 3.74. The molecule has 108 valence electrons. The molecule has 2 atom stereocenters. The van der Waals surface area contributed by atoms with E-state index in [1.54, 1.807) is 11.3 Å². The van der Waals surface area contributed by atoms with Crippen molar-refractivity contribution in [3.05, 3.63) is 52.4 Å². The van der Waals surface area contributed by atoms with Gasteiger partial charge in [-0.05, 0) is 37.4 Å². The van der Waals surface area contributed by atoms with Gasteiger partial charge in [0.05, 0.1) is 15.0 Å². The van der Waals surface area contributed by atoms with Gasteiger partial charge < -0.3 is 5.32 Å². The highest BCUT2D eigenvalue weighted by atomic mass is 32.2. The maximum atomic E-state index is 12.4. The fourth-order valence-electron chi connectivity index (χ4n) is 2.36. The van der Waals surface area contributed by atoms with Gasteiger partial charge >= 0.3 is 0 Å². The topological polar surface area (TPSA) is 29.1 Å². The maximum Gasteiger partial charge on any atom is 0.0911 e. The molecule has 0 saturated heterocycles. The molecule has 2 unspecified atom stereocenters. The predicted molar refractivity (Wildman–Crippen MR) is 87.9 cm³/mol. The van der Waals surface area contributed by atoms with Crippen molar-refractivity contribution in [3.63, 3.8) is 0 Å². The molecule has 1 N–H and O–H groups in total. The maximum absolute atomic E-state index is 12.4. The summed E-state index contributed by atoms with van der Waals surface area (Å²) >= 11 is 1.56. The van der Waals surface area contributed by atoms with Gasteiger partial charge in [-0.15, -0.1) is 11.3 Å². The van der Waals surface area contributed by atoms with Gasteiger partial charge in [-0.1, -0.05) is 42.3 Å². The molecule has 0 aliphatic heterocycles. The van der Waals surface area contributed by atoms with Crippen LogP contribution >= 0.6 is 11.3 Å². The summed E-state index contributed by atoms with van der Waals surface area (Å²) in [6.07, 6.45) is 0. The van der Waals surface area contributed by atoms with Gasteiger partial charge in [0.25, 0.3) is 0 Å². The minimum absolute atomic E-state index is 0.140. The van der Waals surface area contributed by atoms with Crippen LogP contribution in [0.4, 0.5) is 0 Å². The van der Waals surface area contributed by atoms with Gasteiger partial charge in [0.15, 0.2) is 0 Å². The van der Waals surface area contributed by atoms with Crippen LogP contribution in [0.25, 0.3) is 0 Å². The summed E-state index contributed by atoms with van der Waals surface area (Å²) < 4.78 is 13.4. The molecule has 20 heavy (non-hydrogen) atoms. The summed E-state index contributed by atoms with van der Waals surface area (Å²) in [6.45, 7) is 7.18. The van der Waals surface area contributed by atoms with Gasteiger partial charge in [0.2, 0.25) is 0 Å². The summed E-state index contributed by atoms with van der Waals surface area (Å²) in [4.78, 5) is 0. The Labute approximate surface area is 127 Å². The van der Waals surface area contributed by atoms with Gasteiger partial charge in [-0.2, -0.15) is 0 Å². The van der Waals surface area contributed by atoms with Crippen molar-refractivity contribution in [2.45, 2.75) is 31.0 Å². The second-order valence-electron chi connectivity index (χ2n) is 4.98. The highest BCUT2D eigenvalue weighted by molar-refractivity contribution is 7.87. The molecule has 1 aromatic carbocycles. The molecule has 0 fully saturated rings. The van der Waals surface area contributed by atoms with Crippen molar-refractivity contribution in [3.8, 4) is 0 Å². The van der Waals surface area contributed by atoms with E-state index in [9.17, 15) is 4.21 Å². The van der Waals surface area contributed by atoms with E-state index in [0.29, 0.717) is 5.75 Å². The van der Waals surface area contributed by atoms with E-state index in [1.165, 1.54) is 16.7 Å². The third kappa shape index (κ3) is 4.01. The third-order valence-corrected chi connectivity index (χ3v) is 5.86. The molecule has 0 bridgehead atoms. The van der Waals surface area contributed by atoms with E-state index in [2.05, 4.69) is 44.3 Å².